The summed E-state index contributed by atoms with van der Waals surface area (Å²) in [6, 6.07) is 11.5. The third-order valence-electron chi connectivity index (χ3n) is 4.09. The number of amides is 1. The van der Waals surface area contributed by atoms with E-state index in [9.17, 15) is 19.7 Å². The fourth-order valence-electron chi connectivity index (χ4n) is 2.73. The van der Waals surface area contributed by atoms with Gasteiger partial charge in [0.2, 0.25) is 5.91 Å². The zero-order chi connectivity index (χ0) is 19.7. The van der Waals surface area contributed by atoms with Gasteiger partial charge in [0.1, 0.15) is 5.69 Å². The van der Waals surface area contributed by atoms with Crippen LogP contribution in [0.1, 0.15) is 12.1 Å². The van der Waals surface area contributed by atoms with Gasteiger partial charge in [-0.05, 0) is 18.2 Å². The number of aromatic nitrogens is 3. The van der Waals surface area contributed by atoms with Crippen LogP contribution in [0.25, 0.3) is 21.3 Å². The normalized spacial score (nSPS) is 11.0. The van der Waals surface area contributed by atoms with E-state index in [-0.39, 0.29) is 35.7 Å². The second-order valence-electron chi connectivity index (χ2n) is 6.01. The number of hydrogen-bond donors (Lipinski definition) is 2. The first-order valence-corrected chi connectivity index (χ1v) is 9.14. The zero-order valence-electron chi connectivity index (χ0n) is 14.3. The molecule has 0 unspecified atom stereocenters. The molecule has 0 aliphatic rings. The van der Waals surface area contributed by atoms with Crippen molar-refractivity contribution in [2.24, 2.45) is 0 Å². The molecule has 0 radical (unpaired) electrons. The average Bonchev–Trinajstić information content (AvgIpc) is 3.07. The Morgan fingerprint density at radius 3 is 2.82 bits per heavy atom. The maximum Gasteiger partial charge on any atom is 0.270 e. The summed E-state index contributed by atoms with van der Waals surface area (Å²) in [5, 5.41) is 13.9. The molecule has 10 heteroatoms. The van der Waals surface area contributed by atoms with Gasteiger partial charge in [-0.3, -0.25) is 19.7 Å². The molecule has 0 aliphatic carbocycles. The van der Waals surface area contributed by atoms with Crippen LogP contribution >= 0.6 is 11.3 Å². The van der Waals surface area contributed by atoms with E-state index < -0.39 is 4.92 Å². The van der Waals surface area contributed by atoms with E-state index >= 15 is 0 Å². The van der Waals surface area contributed by atoms with Crippen LogP contribution in [0.2, 0.25) is 0 Å². The van der Waals surface area contributed by atoms with Crippen molar-refractivity contribution in [2.75, 3.05) is 5.32 Å². The Labute approximate surface area is 161 Å². The number of anilines is 1. The fourth-order valence-corrected chi connectivity index (χ4v) is 3.65. The lowest BCUT2D eigenvalue weighted by molar-refractivity contribution is -0.384. The third kappa shape index (κ3) is 3.58. The van der Waals surface area contributed by atoms with Gasteiger partial charge < -0.3 is 10.3 Å². The summed E-state index contributed by atoms with van der Waals surface area (Å²) in [6.45, 7) is 0. The van der Waals surface area contributed by atoms with Crippen molar-refractivity contribution in [3.05, 3.63) is 68.6 Å². The van der Waals surface area contributed by atoms with Crippen molar-refractivity contribution in [1.82, 2.24) is 15.0 Å². The summed E-state index contributed by atoms with van der Waals surface area (Å²) < 4.78 is 0.608. The van der Waals surface area contributed by atoms with Crippen LogP contribution in [0.5, 0.6) is 0 Å². The number of carbonyl (C=O) groups excluding carboxylic acids is 1. The van der Waals surface area contributed by atoms with Crippen molar-refractivity contribution in [2.45, 2.75) is 12.8 Å². The molecule has 140 valence electrons. The summed E-state index contributed by atoms with van der Waals surface area (Å²) in [5.74, 6) is -0.317. The molecule has 4 aromatic rings. The minimum atomic E-state index is -0.481. The highest BCUT2D eigenvalue weighted by atomic mass is 32.1. The molecular weight excluding hydrogens is 382 g/mol. The Bertz CT molecular complexity index is 1280. The minimum Gasteiger partial charge on any atom is -0.319 e. The highest BCUT2D eigenvalue weighted by Gasteiger charge is 2.13. The van der Waals surface area contributed by atoms with Gasteiger partial charge in [-0.2, -0.15) is 0 Å². The minimum absolute atomic E-state index is 0.0318. The molecule has 2 aromatic heterocycles. The molecule has 1 amide bonds. The monoisotopic (exact) mass is 395 g/mol. The van der Waals surface area contributed by atoms with Crippen molar-refractivity contribution < 1.29 is 9.72 Å². The maximum absolute atomic E-state index is 12.2. The molecule has 0 saturated carbocycles. The molecule has 4 rings (SSSR count). The first kappa shape index (κ1) is 17.7. The summed E-state index contributed by atoms with van der Waals surface area (Å²) >= 11 is 1.15. The first-order chi connectivity index (χ1) is 13.5. The average molecular weight is 395 g/mol. The number of fused-ring (bicyclic) bond motifs is 2. The molecule has 28 heavy (non-hydrogen) atoms. The Morgan fingerprint density at radius 2 is 2.00 bits per heavy atom. The van der Waals surface area contributed by atoms with Gasteiger partial charge in [-0.15, -0.1) is 0 Å². The molecule has 0 saturated heterocycles. The number of benzene rings is 2. The first-order valence-electron chi connectivity index (χ1n) is 8.32. The van der Waals surface area contributed by atoms with Crippen molar-refractivity contribution in [3.63, 3.8) is 0 Å². The van der Waals surface area contributed by atoms with Crippen LogP contribution in [-0.4, -0.2) is 25.8 Å². The summed E-state index contributed by atoms with van der Waals surface area (Å²) in [6.07, 6.45) is 0.243. The smallest absolute Gasteiger partial charge is 0.270 e. The molecule has 9 nitrogen and oxygen atoms in total. The molecule has 0 atom stereocenters. The molecule has 0 fully saturated rings. The third-order valence-corrected chi connectivity index (χ3v) is 5.02. The Balaban J connectivity index is 1.46. The molecule has 0 bridgehead atoms. The lowest BCUT2D eigenvalue weighted by Gasteiger charge is -2.03. The number of carbonyl (C=O) groups is 1. The van der Waals surface area contributed by atoms with Crippen molar-refractivity contribution in [3.8, 4) is 0 Å². The van der Waals surface area contributed by atoms with E-state index in [0.717, 1.165) is 11.3 Å². The highest BCUT2D eigenvalue weighted by molar-refractivity contribution is 7.22. The molecule has 2 N–H and O–H groups in total. The van der Waals surface area contributed by atoms with Gasteiger partial charge in [0.25, 0.3) is 11.2 Å². The van der Waals surface area contributed by atoms with E-state index in [0.29, 0.717) is 26.4 Å². The van der Waals surface area contributed by atoms with Crippen LogP contribution in [0, 0.1) is 10.1 Å². The number of H-pyrrole nitrogens is 1. The number of nitrogens with one attached hydrogen (secondary N) is 2. The van der Waals surface area contributed by atoms with E-state index in [1.165, 1.54) is 18.2 Å². The summed E-state index contributed by atoms with van der Waals surface area (Å²) in [7, 11) is 0. The molecule has 0 spiro atoms. The summed E-state index contributed by atoms with van der Waals surface area (Å²) in [4.78, 5) is 46.0. The topological polar surface area (TPSA) is 131 Å². The predicted octanol–water partition coefficient (Wildman–Crippen LogP) is 3.01. The quantitative estimate of drug-likeness (QED) is 0.394. The SMILES string of the molecule is O=C(CCc1nc2ccccc2[nH]c1=O)Nc1nc2ccc([N+](=O)[O-])cc2s1. The van der Waals surface area contributed by atoms with E-state index in [4.69, 9.17) is 0 Å². The largest absolute Gasteiger partial charge is 0.319 e. The van der Waals surface area contributed by atoms with E-state index in [1.807, 2.05) is 6.07 Å². The zero-order valence-corrected chi connectivity index (χ0v) is 15.2. The standard InChI is InChI=1S/C18H13N5O4S/c24-16(8-7-14-17(25)20-12-4-2-1-3-11(12)19-14)22-18-21-13-6-5-10(23(26)27)9-15(13)28-18/h1-6,9H,7-8H2,(H,20,25)(H,21,22,24). The number of non-ortho nitro benzene ring substituents is 1. The highest BCUT2D eigenvalue weighted by Crippen LogP contribution is 2.29. The maximum atomic E-state index is 12.2. The number of rotatable bonds is 5. The van der Waals surface area contributed by atoms with Crippen molar-refractivity contribution >= 4 is 49.3 Å². The molecule has 2 heterocycles. The molecule has 2 aromatic carbocycles. The summed E-state index contributed by atoms with van der Waals surface area (Å²) in [5.41, 5.74) is 1.80. The van der Waals surface area contributed by atoms with Crippen LogP contribution in [0.3, 0.4) is 0 Å². The second-order valence-corrected chi connectivity index (χ2v) is 7.04. The number of nitro benzene ring substituents is 1. The molecule has 0 aliphatic heterocycles. The Hall–Kier alpha value is -3.66. The van der Waals surface area contributed by atoms with Crippen LogP contribution in [0.4, 0.5) is 10.8 Å². The Morgan fingerprint density at radius 1 is 1.18 bits per heavy atom. The van der Waals surface area contributed by atoms with Gasteiger partial charge in [-0.25, -0.2) is 9.97 Å². The van der Waals surface area contributed by atoms with Crippen LogP contribution in [-0.2, 0) is 11.2 Å². The van der Waals surface area contributed by atoms with Gasteiger partial charge >= 0.3 is 0 Å². The lowest BCUT2D eigenvalue weighted by atomic mass is 10.2. The van der Waals surface area contributed by atoms with Gasteiger partial charge in [0.15, 0.2) is 5.13 Å². The van der Waals surface area contributed by atoms with Crippen molar-refractivity contribution in [1.29, 1.82) is 0 Å². The molecular formula is C18H13N5O4S. The predicted molar refractivity (Wildman–Crippen MR) is 106 cm³/mol. The second kappa shape index (κ2) is 7.16. The number of nitrogens with zero attached hydrogens (tertiary/aromatic N) is 3. The van der Waals surface area contributed by atoms with Gasteiger partial charge in [0, 0.05) is 25.0 Å². The number of aromatic amines is 1. The fraction of sp³-hybridized carbons (Fsp3) is 0.111. The Kier molecular flexibility index (Phi) is 4.53. The van der Waals surface area contributed by atoms with Crippen LogP contribution < -0.4 is 10.9 Å². The van der Waals surface area contributed by atoms with E-state index in [1.54, 1.807) is 18.2 Å². The number of thiazole rings is 1. The number of para-hydroxylation sites is 2. The lowest BCUT2D eigenvalue weighted by Crippen LogP contribution is -2.18. The van der Waals surface area contributed by atoms with Crippen LogP contribution in [0.15, 0.2) is 47.3 Å². The van der Waals surface area contributed by atoms with Gasteiger partial charge in [0.05, 0.1) is 26.2 Å². The number of aryl methyl sites for hydroxylation is 1. The van der Waals surface area contributed by atoms with E-state index in [2.05, 4.69) is 20.3 Å². The van der Waals surface area contributed by atoms with Gasteiger partial charge in [-0.1, -0.05) is 23.5 Å². The number of nitro groups is 1. The number of hydrogen-bond acceptors (Lipinski definition) is 7.